The Kier molecular flexibility index (Phi) is 6.51. The fraction of sp³-hybridized carbons (Fsp3) is 0.316. The molecule has 6 nitrogen and oxygen atoms in total. The summed E-state index contributed by atoms with van der Waals surface area (Å²) < 4.78 is 0. The summed E-state index contributed by atoms with van der Waals surface area (Å²) in [6, 6.07) is 11.3. The normalized spacial score (nSPS) is 10.2. The quantitative estimate of drug-likeness (QED) is 0.785. The number of nitrogens with one attached hydrogen (secondary N) is 1. The Balaban J connectivity index is 1.79. The number of rotatable bonds is 7. The Morgan fingerprint density at radius 1 is 1.00 bits per heavy atom. The van der Waals surface area contributed by atoms with Gasteiger partial charge in [0, 0.05) is 51.5 Å². The van der Waals surface area contributed by atoms with Gasteiger partial charge in [0.2, 0.25) is 11.8 Å². The van der Waals surface area contributed by atoms with E-state index >= 15 is 0 Å². The molecule has 0 radical (unpaired) electrons. The van der Waals surface area contributed by atoms with E-state index in [1.165, 1.54) is 0 Å². The number of hydrogen-bond donors (Lipinski definition) is 1. The summed E-state index contributed by atoms with van der Waals surface area (Å²) in [5.74, 6) is -0.505. The van der Waals surface area contributed by atoms with Crippen molar-refractivity contribution in [1.29, 1.82) is 0 Å². The summed E-state index contributed by atoms with van der Waals surface area (Å²) in [6.07, 6.45) is 4.03. The van der Waals surface area contributed by atoms with Gasteiger partial charge in [-0.3, -0.25) is 14.6 Å². The molecule has 0 aliphatic rings. The summed E-state index contributed by atoms with van der Waals surface area (Å²) in [7, 11) is 5.62. The van der Waals surface area contributed by atoms with Crippen molar-refractivity contribution >= 4 is 23.2 Å². The molecule has 0 unspecified atom stereocenters. The van der Waals surface area contributed by atoms with Gasteiger partial charge >= 0.3 is 0 Å². The molecular weight excluding hydrogens is 316 g/mol. The lowest BCUT2D eigenvalue weighted by Gasteiger charge is -2.17. The summed E-state index contributed by atoms with van der Waals surface area (Å²) in [6.45, 7) is 0.563. The molecule has 0 aliphatic carbocycles. The van der Waals surface area contributed by atoms with Crippen molar-refractivity contribution < 1.29 is 9.59 Å². The highest BCUT2D eigenvalue weighted by molar-refractivity contribution is 6.03. The molecule has 0 bridgehead atoms. The van der Waals surface area contributed by atoms with Gasteiger partial charge in [-0.2, -0.15) is 0 Å². The number of anilines is 2. The highest BCUT2D eigenvalue weighted by Gasteiger charge is 2.14. The van der Waals surface area contributed by atoms with Crippen molar-refractivity contribution in [3.63, 3.8) is 0 Å². The lowest BCUT2D eigenvalue weighted by molar-refractivity contribution is -0.133. The van der Waals surface area contributed by atoms with Crippen LogP contribution < -0.4 is 10.2 Å². The molecule has 0 saturated heterocycles. The van der Waals surface area contributed by atoms with Crippen LogP contribution in [0.5, 0.6) is 0 Å². The van der Waals surface area contributed by atoms with Crippen LogP contribution >= 0.6 is 0 Å². The average molecular weight is 340 g/mol. The van der Waals surface area contributed by atoms with E-state index in [4.69, 9.17) is 0 Å². The summed E-state index contributed by atoms with van der Waals surface area (Å²) >= 11 is 0. The van der Waals surface area contributed by atoms with Crippen molar-refractivity contribution in [3.05, 3.63) is 54.4 Å². The second-order valence-electron chi connectivity index (χ2n) is 6.09. The highest BCUT2D eigenvalue weighted by atomic mass is 16.2. The molecule has 2 amide bonds. The second kappa shape index (κ2) is 8.82. The van der Waals surface area contributed by atoms with Crippen LogP contribution in [0.25, 0.3) is 0 Å². The number of pyridine rings is 1. The molecule has 0 spiro atoms. The van der Waals surface area contributed by atoms with E-state index in [2.05, 4.69) is 10.3 Å². The lowest BCUT2D eigenvalue weighted by atomic mass is 10.2. The molecule has 0 aliphatic heterocycles. The Bertz CT molecular complexity index is 699. The Morgan fingerprint density at radius 3 is 2.24 bits per heavy atom. The molecule has 1 heterocycles. The van der Waals surface area contributed by atoms with Gasteiger partial charge in [0.1, 0.15) is 6.42 Å². The van der Waals surface area contributed by atoms with Crippen molar-refractivity contribution in [1.82, 2.24) is 9.88 Å². The topological polar surface area (TPSA) is 65.5 Å². The maximum absolute atomic E-state index is 12.2. The molecule has 1 aromatic heterocycles. The maximum atomic E-state index is 12.2. The predicted octanol–water partition coefficient (Wildman–Crippen LogP) is 2.18. The smallest absolute Gasteiger partial charge is 0.233 e. The molecule has 0 atom stereocenters. The van der Waals surface area contributed by atoms with E-state index in [1.54, 1.807) is 24.3 Å². The molecule has 1 N–H and O–H groups in total. The Labute approximate surface area is 148 Å². The number of carbonyl (C=O) groups excluding carboxylic acids is 2. The van der Waals surface area contributed by atoms with Crippen LogP contribution in [0.4, 0.5) is 11.4 Å². The van der Waals surface area contributed by atoms with Gasteiger partial charge in [0.15, 0.2) is 0 Å². The zero-order valence-corrected chi connectivity index (χ0v) is 14.9. The van der Waals surface area contributed by atoms with Gasteiger partial charge in [-0.25, -0.2) is 0 Å². The number of aromatic nitrogens is 1. The van der Waals surface area contributed by atoms with E-state index in [1.807, 2.05) is 55.4 Å². The van der Waals surface area contributed by atoms with E-state index in [9.17, 15) is 9.59 Å². The van der Waals surface area contributed by atoms with Crippen molar-refractivity contribution in [2.24, 2.45) is 0 Å². The number of hydrogen-bond acceptors (Lipinski definition) is 4. The largest absolute Gasteiger partial charge is 0.378 e. The molecule has 2 aromatic rings. The van der Waals surface area contributed by atoms with E-state index in [0.717, 1.165) is 17.7 Å². The first-order valence-corrected chi connectivity index (χ1v) is 8.16. The van der Waals surface area contributed by atoms with Crippen LogP contribution in [0.1, 0.15) is 12.0 Å². The molecular formula is C19H24N4O2. The fourth-order valence-electron chi connectivity index (χ4n) is 2.29. The molecule has 1 aromatic carbocycles. The first-order valence-electron chi connectivity index (χ1n) is 8.16. The van der Waals surface area contributed by atoms with Gasteiger partial charge in [0.25, 0.3) is 0 Å². The third kappa shape index (κ3) is 5.91. The van der Waals surface area contributed by atoms with Gasteiger partial charge in [-0.05, 0) is 48.4 Å². The maximum Gasteiger partial charge on any atom is 0.233 e. The van der Waals surface area contributed by atoms with Crippen LogP contribution in [0.3, 0.4) is 0 Å². The number of likely N-dealkylation sites (N-methyl/N-ethyl adjacent to an activating group) is 1. The minimum Gasteiger partial charge on any atom is -0.378 e. The van der Waals surface area contributed by atoms with Crippen molar-refractivity contribution in [3.8, 4) is 0 Å². The lowest BCUT2D eigenvalue weighted by Crippen LogP contribution is -2.32. The van der Waals surface area contributed by atoms with E-state index in [-0.39, 0.29) is 18.2 Å². The van der Waals surface area contributed by atoms with Gasteiger partial charge in [-0.1, -0.05) is 0 Å². The van der Waals surface area contributed by atoms with Crippen molar-refractivity contribution in [2.75, 3.05) is 37.9 Å². The summed E-state index contributed by atoms with van der Waals surface area (Å²) in [5.41, 5.74) is 2.84. The Morgan fingerprint density at radius 2 is 1.64 bits per heavy atom. The molecule has 6 heteroatoms. The summed E-state index contributed by atoms with van der Waals surface area (Å²) in [4.78, 5) is 31.7. The van der Waals surface area contributed by atoms with Gasteiger partial charge in [0.05, 0.1) is 0 Å². The zero-order chi connectivity index (χ0) is 18.2. The third-order valence-electron chi connectivity index (χ3n) is 3.89. The zero-order valence-electron chi connectivity index (χ0n) is 14.9. The minimum absolute atomic E-state index is 0.164. The molecule has 0 saturated carbocycles. The molecule has 2 rings (SSSR count). The van der Waals surface area contributed by atoms with Gasteiger partial charge in [-0.15, -0.1) is 0 Å². The molecule has 25 heavy (non-hydrogen) atoms. The standard InChI is InChI=1S/C19H24N4O2/c1-22(2)17-6-4-16(5-7-17)21-18(24)14-19(25)23(3)13-10-15-8-11-20-12-9-15/h4-9,11-12H,10,13-14H2,1-3H3,(H,21,24). The number of amides is 2. The van der Waals surface area contributed by atoms with Crippen LogP contribution in [-0.2, 0) is 16.0 Å². The van der Waals surface area contributed by atoms with E-state index in [0.29, 0.717) is 12.2 Å². The summed E-state index contributed by atoms with van der Waals surface area (Å²) in [5, 5.41) is 2.75. The second-order valence-corrected chi connectivity index (χ2v) is 6.09. The number of benzene rings is 1. The third-order valence-corrected chi connectivity index (χ3v) is 3.89. The monoisotopic (exact) mass is 340 g/mol. The molecule has 132 valence electrons. The van der Waals surface area contributed by atoms with Gasteiger partial charge < -0.3 is 15.1 Å². The average Bonchev–Trinajstić information content (AvgIpc) is 2.60. The number of carbonyl (C=O) groups is 2. The first-order chi connectivity index (χ1) is 12.0. The number of nitrogens with zero attached hydrogens (tertiary/aromatic N) is 3. The first kappa shape index (κ1) is 18.4. The van der Waals surface area contributed by atoms with Crippen LogP contribution in [0.2, 0.25) is 0 Å². The highest BCUT2D eigenvalue weighted by Crippen LogP contribution is 2.15. The Hall–Kier alpha value is -2.89. The SMILES string of the molecule is CN(CCc1ccncc1)C(=O)CC(=O)Nc1ccc(N(C)C)cc1. The van der Waals surface area contributed by atoms with E-state index < -0.39 is 0 Å². The fourth-order valence-corrected chi connectivity index (χ4v) is 2.29. The van der Waals surface area contributed by atoms with Crippen LogP contribution in [-0.4, -0.2) is 49.4 Å². The molecule has 0 fully saturated rings. The minimum atomic E-state index is -0.307. The predicted molar refractivity (Wildman–Crippen MR) is 99.6 cm³/mol. The van der Waals surface area contributed by atoms with Crippen molar-refractivity contribution in [2.45, 2.75) is 12.8 Å². The van der Waals surface area contributed by atoms with Crippen LogP contribution in [0.15, 0.2) is 48.8 Å². The van der Waals surface area contributed by atoms with Crippen LogP contribution in [0, 0.1) is 0 Å².